The first-order valence-corrected chi connectivity index (χ1v) is 9.77. The van der Waals surface area contributed by atoms with Gasteiger partial charge in [-0.2, -0.15) is 0 Å². The van der Waals surface area contributed by atoms with E-state index in [0.717, 1.165) is 24.2 Å². The van der Waals surface area contributed by atoms with Gasteiger partial charge in [-0.25, -0.2) is 4.79 Å². The topological polar surface area (TPSA) is 102 Å². The lowest BCUT2D eigenvalue weighted by molar-refractivity contribution is -0.119. The van der Waals surface area contributed by atoms with Gasteiger partial charge in [0.15, 0.2) is 11.0 Å². The van der Waals surface area contributed by atoms with Gasteiger partial charge in [-0.15, -0.1) is 10.2 Å². The first-order valence-electron chi connectivity index (χ1n) is 8.89. The smallest absolute Gasteiger partial charge is 0.321 e. The average Bonchev–Trinajstić information content (AvgIpc) is 3.34. The van der Waals surface area contributed by atoms with Crippen molar-refractivity contribution in [3.8, 4) is 11.4 Å². The predicted molar refractivity (Wildman–Crippen MR) is 103 cm³/mol. The highest BCUT2D eigenvalue weighted by Gasteiger charge is 2.32. The molecule has 0 bridgehead atoms. The third-order valence-electron chi connectivity index (χ3n) is 3.87. The molecule has 0 saturated heterocycles. The third kappa shape index (κ3) is 5.06. The molecular weight excluding hydrogens is 364 g/mol. The fraction of sp³-hybridized carbons (Fsp3) is 0.500. The molecule has 1 fully saturated rings. The van der Waals surface area contributed by atoms with Crippen LogP contribution in [0.5, 0.6) is 0 Å². The predicted octanol–water partition coefficient (Wildman–Crippen LogP) is 2.78. The molecule has 0 radical (unpaired) electrons. The van der Waals surface area contributed by atoms with E-state index in [0.29, 0.717) is 11.2 Å². The molecule has 1 aliphatic carbocycles. The van der Waals surface area contributed by atoms with E-state index in [1.807, 2.05) is 32.9 Å². The van der Waals surface area contributed by atoms with Crippen molar-refractivity contribution in [2.45, 2.75) is 62.5 Å². The Kier molecular flexibility index (Phi) is 5.50. The Labute approximate surface area is 162 Å². The number of carbonyl (C=O) groups is 2. The average molecular weight is 388 g/mol. The Morgan fingerprint density at radius 1 is 1.30 bits per heavy atom. The van der Waals surface area contributed by atoms with Crippen molar-refractivity contribution in [3.05, 3.63) is 24.5 Å². The summed E-state index contributed by atoms with van der Waals surface area (Å²) in [5, 5.41) is 13.9. The van der Waals surface area contributed by atoms with Gasteiger partial charge in [-0.1, -0.05) is 11.8 Å². The van der Waals surface area contributed by atoms with Crippen molar-refractivity contribution in [2.75, 3.05) is 0 Å². The van der Waals surface area contributed by atoms with Gasteiger partial charge in [0.2, 0.25) is 5.91 Å². The van der Waals surface area contributed by atoms with Crippen LogP contribution in [0.3, 0.4) is 0 Å². The van der Waals surface area contributed by atoms with Crippen LogP contribution in [0.25, 0.3) is 11.4 Å². The van der Waals surface area contributed by atoms with Gasteiger partial charge < -0.3 is 5.32 Å². The highest BCUT2D eigenvalue weighted by atomic mass is 32.2. The van der Waals surface area contributed by atoms with Gasteiger partial charge in [0.25, 0.3) is 0 Å². The lowest BCUT2D eigenvalue weighted by atomic mass is 10.1. The fourth-order valence-electron chi connectivity index (χ4n) is 2.51. The van der Waals surface area contributed by atoms with Crippen LogP contribution in [-0.2, 0) is 4.79 Å². The summed E-state index contributed by atoms with van der Waals surface area (Å²) < 4.78 is 2.07. The molecule has 0 aromatic carbocycles. The standard InChI is InChI=1S/C18H24N6O2S/c1-11(15(25)20-16(26)21-18(2,3)4)27-17-23-22-14(24(17)13-7-8-13)12-6-5-9-19-10-12/h5-6,9-11,13H,7-8H2,1-4H3,(H2,20,21,25,26)/t11-/m0/s1. The van der Waals surface area contributed by atoms with Crippen molar-refractivity contribution in [1.29, 1.82) is 0 Å². The molecule has 2 heterocycles. The van der Waals surface area contributed by atoms with Crippen molar-refractivity contribution in [1.82, 2.24) is 30.4 Å². The maximum Gasteiger partial charge on any atom is 0.321 e. The minimum Gasteiger partial charge on any atom is -0.333 e. The molecule has 2 N–H and O–H groups in total. The van der Waals surface area contributed by atoms with Crippen LogP contribution in [0.15, 0.2) is 29.7 Å². The summed E-state index contributed by atoms with van der Waals surface area (Å²) in [5.41, 5.74) is 0.483. The first-order chi connectivity index (χ1) is 12.7. The van der Waals surface area contributed by atoms with E-state index in [1.54, 1.807) is 19.3 Å². The van der Waals surface area contributed by atoms with Gasteiger partial charge in [-0.05, 0) is 52.7 Å². The number of nitrogens with one attached hydrogen (secondary N) is 2. The van der Waals surface area contributed by atoms with Gasteiger partial charge in [0.05, 0.1) is 5.25 Å². The van der Waals surface area contributed by atoms with Gasteiger partial charge in [-0.3, -0.25) is 19.7 Å². The number of pyridine rings is 1. The quantitative estimate of drug-likeness (QED) is 0.764. The van der Waals surface area contributed by atoms with E-state index in [2.05, 4.69) is 30.4 Å². The molecule has 2 aromatic heterocycles. The van der Waals surface area contributed by atoms with Crippen molar-refractivity contribution >= 4 is 23.7 Å². The number of carbonyl (C=O) groups excluding carboxylic acids is 2. The molecule has 2 aromatic rings. The number of hydrogen-bond donors (Lipinski definition) is 2. The number of amides is 3. The number of hydrogen-bond acceptors (Lipinski definition) is 6. The molecule has 0 unspecified atom stereocenters. The molecule has 3 amide bonds. The zero-order valence-electron chi connectivity index (χ0n) is 15.9. The molecule has 0 spiro atoms. The Morgan fingerprint density at radius 2 is 2.04 bits per heavy atom. The second kappa shape index (κ2) is 7.67. The largest absolute Gasteiger partial charge is 0.333 e. The van der Waals surface area contributed by atoms with Crippen LogP contribution in [0.1, 0.15) is 46.6 Å². The molecular formula is C18H24N6O2S. The highest BCUT2D eigenvalue weighted by Crippen LogP contribution is 2.41. The summed E-state index contributed by atoms with van der Waals surface area (Å²) in [4.78, 5) is 28.4. The van der Waals surface area contributed by atoms with E-state index >= 15 is 0 Å². The number of aromatic nitrogens is 4. The maximum absolute atomic E-state index is 12.4. The minimum atomic E-state index is -0.500. The molecule has 144 valence electrons. The van der Waals surface area contributed by atoms with Crippen LogP contribution < -0.4 is 10.6 Å². The van der Waals surface area contributed by atoms with E-state index in [1.165, 1.54) is 11.8 Å². The van der Waals surface area contributed by atoms with Crippen LogP contribution in [0.4, 0.5) is 4.79 Å². The second-order valence-corrected chi connectivity index (χ2v) is 8.91. The van der Waals surface area contributed by atoms with Gasteiger partial charge in [0, 0.05) is 29.5 Å². The van der Waals surface area contributed by atoms with E-state index in [9.17, 15) is 9.59 Å². The van der Waals surface area contributed by atoms with Crippen LogP contribution in [0, 0.1) is 0 Å². The van der Waals surface area contributed by atoms with Crippen molar-refractivity contribution < 1.29 is 9.59 Å². The molecule has 8 nitrogen and oxygen atoms in total. The third-order valence-corrected chi connectivity index (χ3v) is 4.93. The van der Waals surface area contributed by atoms with Crippen LogP contribution in [0.2, 0.25) is 0 Å². The Bertz CT molecular complexity index is 826. The molecule has 1 saturated carbocycles. The molecule has 27 heavy (non-hydrogen) atoms. The normalized spacial score (nSPS) is 15.3. The number of rotatable bonds is 5. The Morgan fingerprint density at radius 3 is 2.63 bits per heavy atom. The fourth-order valence-corrected chi connectivity index (χ4v) is 3.43. The zero-order valence-corrected chi connectivity index (χ0v) is 16.7. The lowest BCUT2D eigenvalue weighted by Crippen LogP contribution is -2.49. The van der Waals surface area contributed by atoms with Gasteiger partial charge >= 0.3 is 6.03 Å². The SMILES string of the molecule is C[C@H](Sc1nnc(-c2cccnc2)n1C1CC1)C(=O)NC(=O)NC(C)(C)C. The van der Waals surface area contributed by atoms with E-state index < -0.39 is 16.8 Å². The van der Waals surface area contributed by atoms with E-state index in [-0.39, 0.29) is 5.91 Å². The molecule has 1 atom stereocenters. The number of imide groups is 1. The highest BCUT2D eigenvalue weighted by molar-refractivity contribution is 8.00. The van der Waals surface area contributed by atoms with Crippen LogP contribution in [-0.4, -0.2) is 42.5 Å². The molecule has 0 aliphatic heterocycles. The van der Waals surface area contributed by atoms with Crippen molar-refractivity contribution in [2.24, 2.45) is 0 Å². The Balaban J connectivity index is 1.71. The summed E-state index contributed by atoms with van der Waals surface area (Å²) >= 11 is 1.30. The van der Waals surface area contributed by atoms with Crippen molar-refractivity contribution in [3.63, 3.8) is 0 Å². The summed E-state index contributed by atoms with van der Waals surface area (Å²) in [5.74, 6) is 0.390. The minimum absolute atomic E-state index is 0.345. The van der Waals surface area contributed by atoms with E-state index in [4.69, 9.17) is 0 Å². The second-order valence-electron chi connectivity index (χ2n) is 7.60. The summed E-state index contributed by atoms with van der Waals surface area (Å²) in [6.07, 6.45) is 5.59. The summed E-state index contributed by atoms with van der Waals surface area (Å²) in [6.45, 7) is 7.31. The van der Waals surface area contributed by atoms with Gasteiger partial charge in [0.1, 0.15) is 0 Å². The zero-order chi connectivity index (χ0) is 19.6. The summed E-state index contributed by atoms with van der Waals surface area (Å²) in [6, 6.07) is 3.65. The van der Waals surface area contributed by atoms with Crippen LogP contribution >= 0.6 is 11.8 Å². The maximum atomic E-state index is 12.4. The molecule has 9 heteroatoms. The molecule has 3 rings (SSSR count). The monoisotopic (exact) mass is 388 g/mol. The molecule has 1 aliphatic rings. The summed E-state index contributed by atoms with van der Waals surface area (Å²) in [7, 11) is 0. The Hall–Kier alpha value is -2.42. The number of thioether (sulfide) groups is 1. The number of nitrogens with zero attached hydrogens (tertiary/aromatic N) is 4. The first kappa shape index (κ1) is 19.3. The lowest BCUT2D eigenvalue weighted by Gasteiger charge is -2.21. The number of urea groups is 1.